The van der Waals surface area contributed by atoms with Gasteiger partial charge in [0.15, 0.2) is 11.4 Å². The lowest BCUT2D eigenvalue weighted by Gasteiger charge is -2.64. The molecule has 2 bridgehead atoms. The molecule has 1 spiro atoms. The molecule has 1 saturated carbocycles. The minimum atomic E-state index is -1.93. The third-order valence-electron chi connectivity index (χ3n) is 15.7. The van der Waals surface area contributed by atoms with Crippen LogP contribution < -0.4 is 9.64 Å². The number of esters is 1. The third-order valence-corrected chi connectivity index (χ3v) is 15.7. The minimum absolute atomic E-state index is 0.0579. The molecule has 3 N–H and O–H groups in total. The lowest BCUT2D eigenvalue weighted by atomic mass is 9.47. The number of methoxy groups -OCH3 is 2. The van der Waals surface area contributed by atoms with Crippen molar-refractivity contribution in [3.8, 4) is 5.75 Å². The number of rotatable bonds is 8. The molecule has 3 fully saturated rings. The summed E-state index contributed by atoms with van der Waals surface area (Å²) < 4.78 is 19.0. The molecule has 11 nitrogen and oxygen atoms in total. The Morgan fingerprint density at radius 2 is 1.79 bits per heavy atom. The maximum Gasteiger partial charge on any atom is 0.322 e. The molecule has 5 aliphatic heterocycles. The van der Waals surface area contributed by atoms with E-state index < -0.39 is 45.6 Å². The number of para-hydroxylation sites is 1. The summed E-state index contributed by atoms with van der Waals surface area (Å²) in [5, 5.41) is 26.4. The SMILES string of the molecule is C=C(C)O[C@@H]1[C@]2(CC)C=CCN3CCC4(c5cc([C@@]6(C(=O)OC)CC7CN(CCc8c6[nH]c6ccccc86)C[C@](O)(CC)C7)c(OC)cc5N(C)[C@H]4[C@]1(O)C(C)=O)[C@@H]32. The number of piperidine rings is 1. The van der Waals surface area contributed by atoms with Crippen LogP contribution in [0.25, 0.3) is 10.9 Å². The standard InChI is InChI=1S/C47H60N4O7/c1-9-43(54)24-30-25-46(42(53)57-8,38-32(16-20-50(26-30)27-43)31-14-11-12-15-35(31)48-38)34-22-33-36(23-37(34)56-7)49(6)40-45(33)18-21-51-19-13-17-44(10-2,39(45)51)41(58-28(3)4)47(40,55)29(5)52/h11-15,17,22-23,30,39-41,48,54-55H,3,9-10,16,18-21,24-27H2,1-2,4-8H3/t30?,39-,40+,41+,43-,44+,45?,46-,47+/m0/s1. The van der Waals surface area contributed by atoms with E-state index in [1.54, 1.807) is 14.0 Å². The van der Waals surface area contributed by atoms with E-state index in [0.29, 0.717) is 62.1 Å². The molecule has 58 heavy (non-hydrogen) atoms. The van der Waals surface area contributed by atoms with E-state index in [1.807, 2.05) is 32.2 Å². The van der Waals surface area contributed by atoms with E-state index in [-0.39, 0.29) is 17.7 Å². The van der Waals surface area contributed by atoms with Crippen molar-refractivity contribution in [2.24, 2.45) is 11.3 Å². The number of benzene rings is 2. The second kappa shape index (κ2) is 13.4. The summed E-state index contributed by atoms with van der Waals surface area (Å²) >= 11 is 0. The highest BCUT2D eigenvalue weighted by Gasteiger charge is 2.79. The van der Waals surface area contributed by atoms with Crippen molar-refractivity contribution in [1.29, 1.82) is 0 Å². The maximum absolute atomic E-state index is 15.3. The average molecular weight is 793 g/mol. The molecule has 2 saturated heterocycles. The number of nitrogens with one attached hydrogen (secondary N) is 1. The molecule has 1 aliphatic carbocycles. The molecule has 10 atom stereocenters. The molecular formula is C47H60N4O7. The van der Waals surface area contributed by atoms with Gasteiger partial charge in [-0.2, -0.15) is 0 Å². The van der Waals surface area contributed by atoms with Crippen molar-refractivity contribution in [3.63, 3.8) is 0 Å². The number of allylic oxidation sites excluding steroid dienone is 1. The van der Waals surface area contributed by atoms with E-state index >= 15 is 4.79 Å². The summed E-state index contributed by atoms with van der Waals surface area (Å²) in [5.41, 5.74) is -0.352. The van der Waals surface area contributed by atoms with Gasteiger partial charge in [0.2, 0.25) is 0 Å². The van der Waals surface area contributed by atoms with Crippen molar-refractivity contribution in [1.82, 2.24) is 14.8 Å². The van der Waals surface area contributed by atoms with Gasteiger partial charge in [-0.1, -0.05) is 50.8 Å². The largest absolute Gasteiger partial charge is 0.496 e. The molecule has 9 rings (SSSR count). The fraction of sp³-hybridized carbons (Fsp3) is 0.574. The van der Waals surface area contributed by atoms with Crippen molar-refractivity contribution in [3.05, 3.63) is 83.3 Å². The number of hydrogen-bond donors (Lipinski definition) is 3. The number of carbonyl (C=O) groups excluding carboxylic acids is 2. The first-order valence-corrected chi connectivity index (χ1v) is 21.3. The Kier molecular flexibility index (Phi) is 9.10. The first-order valence-electron chi connectivity index (χ1n) is 21.3. The number of fused-ring (bicyclic) bond motifs is 6. The fourth-order valence-electron chi connectivity index (χ4n) is 13.5. The smallest absolute Gasteiger partial charge is 0.322 e. The number of aromatic amines is 1. The highest BCUT2D eigenvalue weighted by Crippen LogP contribution is 2.68. The molecule has 6 aliphatic rings. The van der Waals surface area contributed by atoms with Gasteiger partial charge >= 0.3 is 5.97 Å². The number of aromatic nitrogens is 1. The quantitative estimate of drug-likeness (QED) is 0.155. The summed E-state index contributed by atoms with van der Waals surface area (Å²) in [6, 6.07) is 11.6. The van der Waals surface area contributed by atoms with Crippen molar-refractivity contribution < 1.29 is 34.0 Å². The summed E-state index contributed by atoms with van der Waals surface area (Å²) in [6.45, 7) is 15.1. The van der Waals surface area contributed by atoms with Gasteiger partial charge in [-0.15, -0.1) is 0 Å². The molecule has 6 heterocycles. The van der Waals surface area contributed by atoms with Crippen molar-refractivity contribution in [2.75, 3.05) is 58.9 Å². The zero-order valence-corrected chi connectivity index (χ0v) is 35.2. The summed E-state index contributed by atoms with van der Waals surface area (Å²) in [4.78, 5) is 40.4. The van der Waals surface area contributed by atoms with Crippen molar-refractivity contribution in [2.45, 2.75) is 106 Å². The van der Waals surface area contributed by atoms with Gasteiger partial charge in [-0.3, -0.25) is 19.4 Å². The topological polar surface area (TPSA) is 128 Å². The highest BCUT2D eigenvalue weighted by molar-refractivity contribution is 5.95. The molecule has 1 aromatic heterocycles. The first kappa shape index (κ1) is 39.3. The van der Waals surface area contributed by atoms with E-state index in [0.717, 1.165) is 59.6 Å². The van der Waals surface area contributed by atoms with Crippen LogP contribution in [0.15, 0.2) is 60.9 Å². The Bertz CT molecular complexity index is 2230. The first-order chi connectivity index (χ1) is 27.7. The Labute approximate surface area is 342 Å². The molecule has 2 aromatic carbocycles. The second-order valence-corrected chi connectivity index (χ2v) is 18.5. The van der Waals surface area contributed by atoms with Crippen LogP contribution in [0.4, 0.5) is 5.69 Å². The van der Waals surface area contributed by atoms with Crippen LogP contribution in [0.3, 0.4) is 0 Å². The number of nitrogens with zero attached hydrogens (tertiary/aromatic N) is 3. The number of aliphatic hydroxyl groups is 2. The summed E-state index contributed by atoms with van der Waals surface area (Å²) in [7, 11) is 5.08. The number of Topliss-reactive ketones (excluding diaryl/α,β-unsaturated/α-hetero) is 1. The predicted octanol–water partition coefficient (Wildman–Crippen LogP) is 5.39. The minimum Gasteiger partial charge on any atom is -0.496 e. The van der Waals surface area contributed by atoms with Gasteiger partial charge in [0.1, 0.15) is 17.3 Å². The van der Waals surface area contributed by atoms with E-state index in [4.69, 9.17) is 14.2 Å². The maximum atomic E-state index is 15.3. The Hall–Kier alpha value is -4.16. The van der Waals surface area contributed by atoms with Crippen molar-refractivity contribution >= 4 is 28.3 Å². The highest BCUT2D eigenvalue weighted by atomic mass is 16.5. The van der Waals surface area contributed by atoms with Gasteiger partial charge < -0.3 is 34.3 Å². The molecule has 3 aromatic rings. The molecule has 0 amide bonds. The lowest BCUT2D eigenvalue weighted by molar-refractivity contribution is -0.205. The number of anilines is 1. The Balaban J connectivity index is 1.36. The van der Waals surface area contributed by atoms with Crippen LogP contribution >= 0.6 is 0 Å². The average Bonchev–Trinajstić information content (AvgIpc) is 3.87. The van der Waals surface area contributed by atoms with Crippen LogP contribution in [0, 0.1) is 11.3 Å². The second-order valence-electron chi connectivity index (χ2n) is 18.5. The molecule has 11 heteroatoms. The third kappa shape index (κ3) is 4.99. The van der Waals surface area contributed by atoms with Gasteiger partial charge in [0.25, 0.3) is 0 Å². The van der Waals surface area contributed by atoms with Crippen LogP contribution in [0.2, 0.25) is 0 Å². The summed E-state index contributed by atoms with van der Waals surface area (Å²) in [6.07, 6.45) is 7.00. The molecule has 3 unspecified atom stereocenters. The number of carbonyl (C=O) groups is 2. The number of likely N-dealkylation sites (N-methyl/N-ethyl adjacent to an activating group) is 1. The number of hydrogen-bond acceptors (Lipinski definition) is 10. The van der Waals surface area contributed by atoms with E-state index in [1.165, 1.54) is 14.0 Å². The van der Waals surface area contributed by atoms with E-state index in [2.05, 4.69) is 63.5 Å². The number of H-pyrrole nitrogens is 1. The van der Waals surface area contributed by atoms with Crippen LogP contribution in [-0.2, 0) is 36.3 Å². The lowest BCUT2D eigenvalue weighted by Crippen LogP contribution is -2.80. The van der Waals surface area contributed by atoms with Crippen LogP contribution in [0.1, 0.15) is 82.2 Å². The van der Waals surface area contributed by atoms with E-state index in [9.17, 15) is 15.0 Å². The normalized spacial score (nSPS) is 37.5. The van der Waals surface area contributed by atoms with Crippen LogP contribution in [-0.4, -0.2) is 120 Å². The molecular weight excluding hydrogens is 733 g/mol. The fourth-order valence-corrected chi connectivity index (χ4v) is 13.5. The zero-order valence-electron chi connectivity index (χ0n) is 35.2. The monoisotopic (exact) mass is 792 g/mol. The predicted molar refractivity (Wildman–Crippen MR) is 223 cm³/mol. The Morgan fingerprint density at radius 1 is 1.02 bits per heavy atom. The Morgan fingerprint density at radius 3 is 2.48 bits per heavy atom. The van der Waals surface area contributed by atoms with Gasteiger partial charge in [0, 0.05) is 84.0 Å². The number of ketones is 1. The zero-order chi connectivity index (χ0) is 41.2. The van der Waals surface area contributed by atoms with Gasteiger partial charge in [-0.05, 0) is 88.1 Å². The van der Waals surface area contributed by atoms with Crippen LogP contribution in [0.5, 0.6) is 5.75 Å². The molecule has 0 radical (unpaired) electrons. The van der Waals surface area contributed by atoms with Gasteiger partial charge in [-0.25, -0.2) is 0 Å². The van der Waals surface area contributed by atoms with Gasteiger partial charge in [0.05, 0.1) is 31.6 Å². The number of ether oxygens (including phenoxy) is 3. The molecule has 310 valence electrons. The summed E-state index contributed by atoms with van der Waals surface area (Å²) in [5.74, 6) is 0.163.